The average molecular weight is 237 g/mol. The highest BCUT2D eigenvalue weighted by Gasteiger charge is 2.09. The van der Waals surface area contributed by atoms with Gasteiger partial charge in [-0.1, -0.05) is 18.2 Å². The normalized spacial score (nSPS) is 9.28. The minimum absolute atomic E-state index is 0.0646. The van der Waals surface area contributed by atoms with Gasteiger partial charge in [0.25, 0.3) is 0 Å². The Bertz CT molecular complexity index is 665. The molecule has 0 amide bonds. The number of hydrogen-bond donors (Lipinski definition) is 1. The lowest BCUT2D eigenvalue weighted by Crippen LogP contribution is -1.97. The minimum atomic E-state index is -0.586. The van der Waals surface area contributed by atoms with Crippen LogP contribution in [0.1, 0.15) is 11.1 Å². The van der Waals surface area contributed by atoms with E-state index in [-0.39, 0.29) is 5.56 Å². The van der Waals surface area contributed by atoms with Crippen molar-refractivity contribution in [2.24, 2.45) is 0 Å². The van der Waals surface area contributed by atoms with Crippen LogP contribution in [0.3, 0.4) is 0 Å². The topological polar surface area (TPSA) is 59.6 Å². The van der Waals surface area contributed by atoms with Gasteiger partial charge < -0.3 is 5.32 Å². The largest absolute Gasteiger partial charge is 0.353 e. The molecule has 0 saturated heterocycles. The molecule has 0 aliphatic carbocycles. The van der Waals surface area contributed by atoms with E-state index < -0.39 is 5.82 Å². The molecule has 0 aliphatic heterocycles. The predicted molar refractivity (Wildman–Crippen MR) is 65.6 cm³/mol. The highest BCUT2D eigenvalue weighted by atomic mass is 19.1. The Kier molecular flexibility index (Phi) is 3.22. The van der Waals surface area contributed by atoms with Crippen molar-refractivity contribution in [1.29, 1.82) is 10.5 Å². The number of hydrogen-bond acceptors (Lipinski definition) is 3. The molecule has 1 N–H and O–H groups in total. The summed E-state index contributed by atoms with van der Waals surface area (Å²) in [5, 5.41) is 20.8. The second kappa shape index (κ2) is 4.99. The van der Waals surface area contributed by atoms with Crippen LogP contribution in [0.15, 0.2) is 42.5 Å². The van der Waals surface area contributed by atoms with Gasteiger partial charge in [0.1, 0.15) is 23.5 Å². The number of rotatable bonds is 2. The summed E-state index contributed by atoms with van der Waals surface area (Å²) in [7, 11) is 0. The molecule has 2 rings (SSSR count). The van der Waals surface area contributed by atoms with Gasteiger partial charge in [-0.2, -0.15) is 10.5 Å². The summed E-state index contributed by atoms with van der Waals surface area (Å²) in [5.74, 6) is -0.586. The zero-order valence-electron chi connectivity index (χ0n) is 9.31. The van der Waals surface area contributed by atoms with Crippen LogP contribution in [0.5, 0.6) is 0 Å². The molecule has 2 aromatic rings. The zero-order chi connectivity index (χ0) is 13.0. The molecule has 0 spiro atoms. The van der Waals surface area contributed by atoms with Crippen LogP contribution in [-0.4, -0.2) is 0 Å². The van der Waals surface area contributed by atoms with Crippen molar-refractivity contribution < 1.29 is 4.39 Å². The third-order valence-corrected chi connectivity index (χ3v) is 2.44. The maximum absolute atomic E-state index is 13.4. The smallest absolute Gasteiger partial charge is 0.143 e. The summed E-state index contributed by atoms with van der Waals surface area (Å²) in [6.07, 6.45) is 0. The van der Waals surface area contributed by atoms with Crippen molar-refractivity contribution in [2.45, 2.75) is 0 Å². The van der Waals surface area contributed by atoms with Crippen molar-refractivity contribution in [3.63, 3.8) is 0 Å². The SMILES string of the molecule is N#Cc1ccccc1Nc1cccc(F)c1C#N. The van der Waals surface area contributed by atoms with Crippen molar-refractivity contribution >= 4 is 11.4 Å². The van der Waals surface area contributed by atoms with Crippen LogP contribution in [0.4, 0.5) is 15.8 Å². The van der Waals surface area contributed by atoms with Gasteiger partial charge in [-0.3, -0.25) is 0 Å². The fourth-order valence-electron chi connectivity index (χ4n) is 1.58. The van der Waals surface area contributed by atoms with Crippen LogP contribution >= 0.6 is 0 Å². The summed E-state index contributed by atoms with van der Waals surface area (Å²) < 4.78 is 13.4. The van der Waals surface area contributed by atoms with E-state index in [1.807, 2.05) is 6.07 Å². The fraction of sp³-hybridized carbons (Fsp3) is 0. The maximum atomic E-state index is 13.4. The van der Waals surface area contributed by atoms with Gasteiger partial charge in [0.15, 0.2) is 0 Å². The number of nitriles is 2. The third kappa shape index (κ3) is 2.14. The Morgan fingerprint density at radius 3 is 2.33 bits per heavy atom. The number of nitrogens with zero attached hydrogens (tertiary/aromatic N) is 2. The molecule has 0 saturated carbocycles. The summed E-state index contributed by atoms with van der Waals surface area (Å²) in [4.78, 5) is 0. The molecule has 86 valence electrons. The van der Waals surface area contributed by atoms with Gasteiger partial charge in [-0.25, -0.2) is 4.39 Å². The van der Waals surface area contributed by atoms with E-state index in [4.69, 9.17) is 10.5 Å². The van der Waals surface area contributed by atoms with Gasteiger partial charge in [0.2, 0.25) is 0 Å². The Balaban J connectivity index is 2.45. The molecular weight excluding hydrogens is 229 g/mol. The van der Waals surface area contributed by atoms with E-state index in [0.29, 0.717) is 16.9 Å². The highest BCUT2D eigenvalue weighted by Crippen LogP contribution is 2.24. The predicted octanol–water partition coefficient (Wildman–Crippen LogP) is 3.31. The van der Waals surface area contributed by atoms with E-state index >= 15 is 0 Å². The Morgan fingerprint density at radius 1 is 0.889 bits per heavy atom. The summed E-state index contributed by atoms with van der Waals surface area (Å²) in [6.45, 7) is 0. The van der Waals surface area contributed by atoms with Crippen LogP contribution < -0.4 is 5.32 Å². The monoisotopic (exact) mass is 237 g/mol. The quantitative estimate of drug-likeness (QED) is 0.871. The summed E-state index contributed by atoms with van der Waals surface area (Å²) in [5.41, 5.74) is 1.26. The van der Waals surface area contributed by atoms with Gasteiger partial charge >= 0.3 is 0 Å². The Hall–Kier alpha value is -2.85. The van der Waals surface area contributed by atoms with Crippen molar-refractivity contribution in [2.75, 3.05) is 5.32 Å². The molecule has 0 atom stereocenters. The average Bonchev–Trinajstić information content (AvgIpc) is 2.40. The van der Waals surface area contributed by atoms with E-state index in [1.165, 1.54) is 12.1 Å². The summed E-state index contributed by atoms with van der Waals surface area (Å²) in [6, 6.07) is 15.0. The van der Waals surface area contributed by atoms with E-state index in [2.05, 4.69) is 5.32 Å². The first-order valence-electron chi connectivity index (χ1n) is 5.21. The first kappa shape index (κ1) is 11.6. The van der Waals surface area contributed by atoms with Gasteiger partial charge in [0.05, 0.1) is 16.9 Å². The lowest BCUT2D eigenvalue weighted by Gasteiger charge is -2.09. The van der Waals surface area contributed by atoms with Crippen molar-refractivity contribution in [3.8, 4) is 12.1 Å². The van der Waals surface area contributed by atoms with Crippen LogP contribution in [0.2, 0.25) is 0 Å². The molecule has 0 radical (unpaired) electrons. The molecule has 18 heavy (non-hydrogen) atoms. The lowest BCUT2D eigenvalue weighted by molar-refractivity contribution is 0.624. The Labute approximate surface area is 104 Å². The van der Waals surface area contributed by atoms with E-state index in [0.717, 1.165) is 0 Å². The fourth-order valence-corrected chi connectivity index (χ4v) is 1.58. The molecule has 2 aromatic carbocycles. The number of nitrogens with one attached hydrogen (secondary N) is 1. The second-order valence-electron chi connectivity index (χ2n) is 3.56. The van der Waals surface area contributed by atoms with Crippen molar-refractivity contribution in [3.05, 3.63) is 59.4 Å². The molecular formula is C14H8FN3. The number of anilines is 2. The molecule has 0 heterocycles. The minimum Gasteiger partial charge on any atom is -0.353 e. The van der Waals surface area contributed by atoms with Gasteiger partial charge in [0, 0.05) is 0 Å². The molecule has 3 nitrogen and oxygen atoms in total. The first-order chi connectivity index (χ1) is 8.76. The first-order valence-corrected chi connectivity index (χ1v) is 5.21. The highest BCUT2D eigenvalue weighted by molar-refractivity contribution is 5.70. The van der Waals surface area contributed by atoms with Crippen LogP contribution in [0, 0.1) is 28.5 Å². The van der Waals surface area contributed by atoms with Crippen molar-refractivity contribution in [1.82, 2.24) is 0 Å². The summed E-state index contributed by atoms with van der Waals surface area (Å²) >= 11 is 0. The zero-order valence-corrected chi connectivity index (χ0v) is 9.31. The second-order valence-corrected chi connectivity index (χ2v) is 3.56. The van der Waals surface area contributed by atoms with Gasteiger partial charge in [-0.05, 0) is 24.3 Å². The standard InChI is InChI=1S/C14H8FN3/c15-12-5-3-7-14(11(12)9-17)18-13-6-2-1-4-10(13)8-16/h1-7,18H. The molecule has 0 unspecified atom stereocenters. The third-order valence-electron chi connectivity index (χ3n) is 2.44. The van der Waals surface area contributed by atoms with E-state index in [1.54, 1.807) is 36.4 Å². The Morgan fingerprint density at radius 2 is 1.61 bits per heavy atom. The molecule has 0 aliphatic rings. The molecule has 0 fully saturated rings. The molecule has 0 aromatic heterocycles. The lowest BCUT2D eigenvalue weighted by atomic mass is 10.1. The number of benzene rings is 2. The maximum Gasteiger partial charge on any atom is 0.143 e. The van der Waals surface area contributed by atoms with Gasteiger partial charge in [-0.15, -0.1) is 0 Å². The number of para-hydroxylation sites is 1. The van der Waals surface area contributed by atoms with Crippen LogP contribution in [0.25, 0.3) is 0 Å². The van der Waals surface area contributed by atoms with Crippen LogP contribution in [-0.2, 0) is 0 Å². The van der Waals surface area contributed by atoms with E-state index in [9.17, 15) is 4.39 Å². The molecule has 0 bridgehead atoms. The number of halogens is 1. The molecule has 4 heteroatoms.